The number of anilines is 1. The first-order chi connectivity index (χ1) is 13.8. The first-order valence-corrected chi connectivity index (χ1v) is 12.0. The van der Waals surface area contributed by atoms with Gasteiger partial charge in [-0.15, -0.1) is 0 Å². The summed E-state index contributed by atoms with van der Waals surface area (Å²) in [7, 11) is -1.48. The average Bonchev–Trinajstić information content (AvgIpc) is 3.14. The number of hydrogen-bond donors (Lipinski definition) is 0. The second-order valence-corrected chi connectivity index (χ2v) is 10.7. The predicted octanol–water partition coefficient (Wildman–Crippen LogP) is 2.85. The number of amides is 1. The second kappa shape index (κ2) is 7.84. The Morgan fingerprint density at radius 3 is 2.48 bits per heavy atom. The van der Waals surface area contributed by atoms with E-state index in [0.717, 1.165) is 22.6 Å². The monoisotopic (exact) mass is 430 g/mol. The van der Waals surface area contributed by atoms with E-state index in [9.17, 15) is 13.2 Å². The molecule has 0 bridgehead atoms. The Bertz CT molecular complexity index is 1050. The van der Waals surface area contributed by atoms with Gasteiger partial charge in [-0.3, -0.25) is 4.79 Å². The second-order valence-electron chi connectivity index (χ2n) is 7.32. The fraction of sp³-hybridized carbons (Fsp3) is 0.333. The van der Waals surface area contributed by atoms with Gasteiger partial charge in [0.15, 0.2) is 15.0 Å². The molecule has 0 spiro atoms. The summed E-state index contributed by atoms with van der Waals surface area (Å²) < 4.78 is 29.4. The van der Waals surface area contributed by atoms with Crippen molar-refractivity contribution in [2.24, 2.45) is 4.99 Å². The summed E-state index contributed by atoms with van der Waals surface area (Å²) in [5, 5.41) is 0.478. The zero-order chi connectivity index (χ0) is 20.6. The Morgan fingerprint density at radius 1 is 1.14 bits per heavy atom. The number of thioether (sulfide) groups is 1. The highest BCUT2D eigenvalue weighted by Crippen LogP contribution is 2.41. The lowest BCUT2D eigenvalue weighted by atomic mass is 10.1. The Labute approximate surface area is 174 Å². The number of benzene rings is 2. The summed E-state index contributed by atoms with van der Waals surface area (Å²) in [6.07, 6.45) is 0.184. The van der Waals surface area contributed by atoms with Crippen LogP contribution in [0.4, 0.5) is 5.69 Å². The third kappa shape index (κ3) is 4.33. The highest BCUT2D eigenvalue weighted by Gasteiger charge is 2.49. The van der Waals surface area contributed by atoms with Crippen LogP contribution in [0.15, 0.2) is 53.5 Å². The summed E-state index contributed by atoms with van der Waals surface area (Å²) in [4.78, 5) is 18.9. The molecule has 2 aliphatic rings. The first-order valence-electron chi connectivity index (χ1n) is 9.32. The van der Waals surface area contributed by atoms with Crippen molar-refractivity contribution < 1.29 is 17.9 Å². The molecule has 0 aromatic heterocycles. The average molecular weight is 431 g/mol. The zero-order valence-electron chi connectivity index (χ0n) is 16.2. The number of ether oxygens (including phenoxy) is 1. The lowest BCUT2D eigenvalue weighted by molar-refractivity contribution is -0.117. The number of sulfone groups is 1. The topological polar surface area (TPSA) is 76.0 Å². The zero-order valence-corrected chi connectivity index (χ0v) is 17.9. The smallest absolute Gasteiger partial charge is 0.252 e. The molecule has 1 amide bonds. The molecule has 2 heterocycles. The highest BCUT2D eigenvalue weighted by atomic mass is 32.2. The van der Waals surface area contributed by atoms with Crippen molar-refractivity contribution in [3.63, 3.8) is 0 Å². The summed E-state index contributed by atoms with van der Waals surface area (Å²) >= 11 is 1.39. The largest absolute Gasteiger partial charge is 0.497 e. The van der Waals surface area contributed by atoms with Crippen molar-refractivity contribution in [1.82, 2.24) is 0 Å². The van der Waals surface area contributed by atoms with E-state index in [1.54, 1.807) is 7.11 Å². The van der Waals surface area contributed by atoms with Gasteiger partial charge in [0.25, 0.3) is 5.91 Å². The number of carbonyl (C=O) groups excluding carboxylic acids is 1. The van der Waals surface area contributed by atoms with Crippen LogP contribution in [0.3, 0.4) is 0 Å². The molecule has 4 rings (SSSR count). The molecule has 8 heteroatoms. The number of methoxy groups -OCH3 is 1. The van der Waals surface area contributed by atoms with Crippen LogP contribution >= 0.6 is 11.8 Å². The molecule has 0 saturated carbocycles. The molecule has 2 atom stereocenters. The van der Waals surface area contributed by atoms with E-state index in [-0.39, 0.29) is 35.1 Å². The number of aliphatic imine (C=N–C) groups is 1. The number of amidine groups is 1. The minimum atomic E-state index is -3.08. The van der Waals surface area contributed by atoms with Crippen LogP contribution in [-0.2, 0) is 21.1 Å². The van der Waals surface area contributed by atoms with E-state index in [2.05, 4.69) is 4.99 Å². The van der Waals surface area contributed by atoms with Gasteiger partial charge in [-0.2, -0.15) is 4.99 Å². The van der Waals surface area contributed by atoms with Crippen molar-refractivity contribution >= 4 is 38.4 Å². The van der Waals surface area contributed by atoms with Crippen molar-refractivity contribution in [3.8, 4) is 5.75 Å². The van der Waals surface area contributed by atoms with E-state index in [1.807, 2.05) is 60.4 Å². The van der Waals surface area contributed by atoms with Gasteiger partial charge >= 0.3 is 0 Å². The lowest BCUT2D eigenvalue weighted by Crippen LogP contribution is -2.37. The normalized spacial score (nSPS) is 23.9. The Balaban J connectivity index is 1.60. The molecular formula is C21H22N2O4S2. The number of rotatable bonds is 4. The summed E-state index contributed by atoms with van der Waals surface area (Å²) in [6, 6.07) is 15.0. The van der Waals surface area contributed by atoms with Gasteiger partial charge in [0.1, 0.15) is 5.75 Å². The summed E-state index contributed by atoms with van der Waals surface area (Å²) in [5.74, 6) is 0.691. The van der Waals surface area contributed by atoms with Crippen LogP contribution in [-0.4, -0.2) is 49.4 Å². The molecule has 152 valence electrons. The molecule has 0 radical (unpaired) electrons. The van der Waals surface area contributed by atoms with Crippen molar-refractivity contribution in [1.29, 1.82) is 0 Å². The molecule has 0 unspecified atom stereocenters. The number of fused-ring (bicyclic) bond motifs is 1. The standard InChI is InChI=1S/C21H22N2O4S2/c1-14-3-7-16(8-4-14)23-18-12-29(25,26)13-19(18)28-21(23)22-20(24)11-15-5-9-17(27-2)10-6-15/h3-10,18-19H,11-13H2,1-2H3/t18-,19-/m1/s1. The fourth-order valence-corrected chi connectivity index (χ4v) is 7.57. The van der Waals surface area contributed by atoms with Crippen LogP contribution in [0.5, 0.6) is 5.75 Å². The van der Waals surface area contributed by atoms with Crippen LogP contribution in [0, 0.1) is 6.92 Å². The number of nitrogens with zero attached hydrogens (tertiary/aromatic N) is 2. The van der Waals surface area contributed by atoms with E-state index in [1.165, 1.54) is 11.8 Å². The third-order valence-electron chi connectivity index (χ3n) is 5.11. The van der Waals surface area contributed by atoms with Crippen LogP contribution in [0.2, 0.25) is 0 Å². The van der Waals surface area contributed by atoms with Crippen LogP contribution < -0.4 is 9.64 Å². The Kier molecular flexibility index (Phi) is 5.40. The van der Waals surface area contributed by atoms with Gasteiger partial charge in [0.05, 0.1) is 31.1 Å². The Morgan fingerprint density at radius 2 is 1.83 bits per heavy atom. The maximum absolute atomic E-state index is 12.6. The quantitative estimate of drug-likeness (QED) is 0.743. The van der Waals surface area contributed by atoms with E-state index in [4.69, 9.17) is 4.74 Å². The molecule has 0 N–H and O–H groups in total. The first kappa shape index (κ1) is 20.0. The minimum absolute atomic E-state index is 0.0875. The van der Waals surface area contributed by atoms with Gasteiger partial charge in [-0.05, 0) is 36.8 Å². The van der Waals surface area contributed by atoms with Crippen LogP contribution in [0.1, 0.15) is 11.1 Å². The number of aryl methyl sites for hydroxylation is 1. The van der Waals surface area contributed by atoms with E-state index < -0.39 is 9.84 Å². The molecule has 2 saturated heterocycles. The molecule has 29 heavy (non-hydrogen) atoms. The lowest BCUT2D eigenvalue weighted by Gasteiger charge is -2.24. The van der Waals surface area contributed by atoms with E-state index in [0.29, 0.717) is 5.17 Å². The predicted molar refractivity (Wildman–Crippen MR) is 117 cm³/mol. The molecular weight excluding hydrogens is 408 g/mol. The minimum Gasteiger partial charge on any atom is -0.497 e. The van der Waals surface area contributed by atoms with Gasteiger partial charge in [-0.25, -0.2) is 8.42 Å². The van der Waals surface area contributed by atoms with Crippen molar-refractivity contribution in [2.75, 3.05) is 23.5 Å². The highest BCUT2D eigenvalue weighted by molar-refractivity contribution is 8.16. The molecule has 2 aromatic carbocycles. The van der Waals surface area contributed by atoms with Crippen molar-refractivity contribution in [2.45, 2.75) is 24.6 Å². The fourth-order valence-electron chi connectivity index (χ4n) is 3.64. The van der Waals surface area contributed by atoms with E-state index >= 15 is 0 Å². The van der Waals surface area contributed by atoms with Gasteiger partial charge in [-0.1, -0.05) is 41.6 Å². The summed E-state index contributed by atoms with van der Waals surface area (Å²) in [5.41, 5.74) is 2.83. The molecule has 2 aliphatic heterocycles. The SMILES string of the molecule is COc1ccc(CC(=O)N=C2S[C@@H]3CS(=O)(=O)C[C@H]3N2c2ccc(C)cc2)cc1. The van der Waals surface area contributed by atoms with Gasteiger partial charge in [0.2, 0.25) is 0 Å². The molecule has 2 fully saturated rings. The maximum Gasteiger partial charge on any atom is 0.252 e. The van der Waals surface area contributed by atoms with Crippen LogP contribution in [0.25, 0.3) is 0 Å². The molecule has 0 aliphatic carbocycles. The Hall–Kier alpha value is -2.32. The third-order valence-corrected chi connectivity index (χ3v) is 8.32. The number of hydrogen-bond acceptors (Lipinski definition) is 5. The van der Waals surface area contributed by atoms with Crippen molar-refractivity contribution in [3.05, 3.63) is 59.7 Å². The molecule has 2 aromatic rings. The molecule has 6 nitrogen and oxygen atoms in total. The van der Waals surface area contributed by atoms with Gasteiger partial charge in [0, 0.05) is 10.9 Å². The maximum atomic E-state index is 12.6. The number of carbonyl (C=O) groups is 1. The van der Waals surface area contributed by atoms with Gasteiger partial charge < -0.3 is 9.64 Å². The summed E-state index contributed by atoms with van der Waals surface area (Å²) in [6.45, 7) is 2.00.